The number of rotatable bonds is 0. The topological polar surface area (TPSA) is 91.2 Å². The zero-order valence-electron chi connectivity index (χ0n) is 19.5. The Morgan fingerprint density at radius 3 is 2.79 bits per heavy atom. The smallest absolute Gasteiger partial charge is 0.249 e. The number of nitrogens with one attached hydrogen (secondary N) is 1. The minimum Gasteiger partial charge on any atom is -0.483 e. The summed E-state index contributed by atoms with van der Waals surface area (Å²) in [5.41, 5.74) is -1.32. The number of aliphatic imine (C=N–C) groups is 1. The van der Waals surface area contributed by atoms with Crippen molar-refractivity contribution < 1.29 is 19.4 Å². The van der Waals surface area contributed by atoms with Crippen LogP contribution >= 0.6 is 0 Å². The van der Waals surface area contributed by atoms with Gasteiger partial charge in [-0.3, -0.25) is 14.6 Å². The predicted molar refractivity (Wildman–Crippen MR) is 122 cm³/mol. The van der Waals surface area contributed by atoms with Crippen LogP contribution in [-0.2, 0) is 15.2 Å². The van der Waals surface area contributed by atoms with Crippen LogP contribution in [0.25, 0.3) is 6.08 Å². The molecule has 2 N–H and O–H groups in total. The molecule has 8 rings (SSSR count). The molecule has 33 heavy (non-hydrogen) atoms. The Morgan fingerprint density at radius 1 is 1.21 bits per heavy atom. The van der Waals surface area contributed by atoms with E-state index >= 15 is 0 Å². The molecule has 1 aromatic rings. The highest BCUT2D eigenvalue weighted by molar-refractivity contribution is 6.12. The molecule has 5 fully saturated rings. The van der Waals surface area contributed by atoms with E-state index < -0.39 is 27.7 Å². The Bertz CT molecular complexity index is 1250. The number of piperidine rings is 2. The molecule has 2 amide bonds. The molecule has 0 aromatic heterocycles. The maximum atomic E-state index is 13.9. The van der Waals surface area contributed by atoms with Crippen LogP contribution in [0.4, 0.5) is 5.69 Å². The van der Waals surface area contributed by atoms with E-state index in [0.29, 0.717) is 36.3 Å². The molecule has 1 aliphatic carbocycles. The number of piperazine rings is 1. The van der Waals surface area contributed by atoms with Gasteiger partial charge in [-0.05, 0) is 57.4 Å². The lowest BCUT2D eigenvalue weighted by Gasteiger charge is -2.66. The molecular formula is C26H29N3O4. The van der Waals surface area contributed by atoms with Crippen LogP contribution < -0.4 is 10.1 Å². The van der Waals surface area contributed by atoms with Gasteiger partial charge < -0.3 is 20.1 Å². The van der Waals surface area contributed by atoms with Gasteiger partial charge >= 0.3 is 0 Å². The van der Waals surface area contributed by atoms with Crippen molar-refractivity contribution in [1.29, 1.82) is 0 Å². The first-order chi connectivity index (χ1) is 15.4. The minimum absolute atomic E-state index is 0.0345. The van der Waals surface area contributed by atoms with Gasteiger partial charge in [0.15, 0.2) is 0 Å². The van der Waals surface area contributed by atoms with Crippen molar-refractivity contribution in [3.8, 4) is 5.75 Å². The number of fused-ring (bicyclic) bond motifs is 6. The summed E-state index contributed by atoms with van der Waals surface area (Å²) in [7, 11) is 0. The summed E-state index contributed by atoms with van der Waals surface area (Å²) in [5.74, 6) is 0.524. The predicted octanol–water partition coefficient (Wildman–Crippen LogP) is 2.82. The highest BCUT2D eigenvalue weighted by Gasteiger charge is 2.76. The van der Waals surface area contributed by atoms with Gasteiger partial charge in [0.05, 0.1) is 11.4 Å². The molecule has 2 spiro atoms. The molecule has 2 bridgehead atoms. The second-order valence-corrected chi connectivity index (χ2v) is 11.9. The van der Waals surface area contributed by atoms with Crippen molar-refractivity contribution in [2.24, 2.45) is 16.3 Å². The van der Waals surface area contributed by atoms with E-state index in [4.69, 9.17) is 9.73 Å². The lowest BCUT2D eigenvalue weighted by atomic mass is 9.47. The van der Waals surface area contributed by atoms with Crippen LogP contribution in [0.1, 0.15) is 64.5 Å². The zero-order chi connectivity index (χ0) is 23.2. The van der Waals surface area contributed by atoms with E-state index in [-0.39, 0.29) is 24.2 Å². The van der Waals surface area contributed by atoms with Gasteiger partial charge in [-0.2, -0.15) is 0 Å². The number of hydrogen-bond donors (Lipinski definition) is 2. The van der Waals surface area contributed by atoms with E-state index in [9.17, 15) is 14.7 Å². The fourth-order valence-corrected chi connectivity index (χ4v) is 7.84. The fraction of sp³-hybridized carbons (Fsp3) is 0.577. The summed E-state index contributed by atoms with van der Waals surface area (Å²) in [6.07, 6.45) is 6.31. The van der Waals surface area contributed by atoms with Gasteiger partial charge in [-0.25, -0.2) is 0 Å². The average molecular weight is 448 g/mol. The molecule has 6 aliphatic heterocycles. The number of ether oxygens (including phenoxy) is 1. The molecule has 7 aliphatic rings. The highest BCUT2D eigenvalue weighted by Crippen LogP contribution is 2.64. The Labute approximate surface area is 192 Å². The van der Waals surface area contributed by atoms with Crippen LogP contribution in [0, 0.1) is 11.3 Å². The fourth-order valence-electron chi connectivity index (χ4n) is 7.84. The summed E-state index contributed by atoms with van der Waals surface area (Å²) in [4.78, 5) is 34.1. The molecule has 1 saturated carbocycles. The number of aliphatic hydroxyl groups is 1. The molecular weight excluding hydrogens is 418 g/mol. The van der Waals surface area contributed by atoms with Crippen LogP contribution in [0.5, 0.6) is 5.75 Å². The summed E-state index contributed by atoms with van der Waals surface area (Å²) in [5, 5.41) is 15.4. The second kappa shape index (κ2) is 5.35. The van der Waals surface area contributed by atoms with E-state index in [0.717, 1.165) is 17.7 Å². The van der Waals surface area contributed by atoms with Crippen molar-refractivity contribution in [2.45, 2.75) is 75.7 Å². The first kappa shape index (κ1) is 19.8. The molecule has 4 atom stereocenters. The Kier molecular flexibility index (Phi) is 3.21. The number of amides is 2. The number of nitrogens with zero attached hydrogens (tertiary/aromatic N) is 2. The van der Waals surface area contributed by atoms with E-state index in [1.807, 2.05) is 43.0 Å². The quantitative estimate of drug-likeness (QED) is 0.640. The van der Waals surface area contributed by atoms with Gasteiger partial charge in [0, 0.05) is 35.4 Å². The van der Waals surface area contributed by atoms with E-state index in [1.165, 1.54) is 0 Å². The zero-order valence-corrected chi connectivity index (χ0v) is 19.5. The number of benzene rings is 1. The van der Waals surface area contributed by atoms with Crippen molar-refractivity contribution in [1.82, 2.24) is 10.2 Å². The minimum atomic E-state index is -1.43. The highest BCUT2D eigenvalue weighted by atomic mass is 16.5. The third-order valence-corrected chi connectivity index (χ3v) is 9.29. The van der Waals surface area contributed by atoms with Crippen molar-refractivity contribution >= 4 is 29.3 Å². The molecule has 6 heterocycles. The molecule has 1 aromatic carbocycles. The molecule has 172 valence electrons. The third kappa shape index (κ3) is 2.01. The Balaban J connectivity index is 1.44. The molecule has 0 unspecified atom stereocenters. The first-order valence-corrected chi connectivity index (χ1v) is 12.0. The van der Waals surface area contributed by atoms with Crippen molar-refractivity contribution in [3.05, 3.63) is 29.3 Å². The van der Waals surface area contributed by atoms with E-state index in [2.05, 4.69) is 19.2 Å². The van der Waals surface area contributed by atoms with Crippen LogP contribution in [0.2, 0.25) is 0 Å². The largest absolute Gasteiger partial charge is 0.483 e. The van der Waals surface area contributed by atoms with Gasteiger partial charge in [-0.1, -0.05) is 13.8 Å². The lowest BCUT2D eigenvalue weighted by Crippen LogP contribution is -2.86. The van der Waals surface area contributed by atoms with Gasteiger partial charge in [-0.15, -0.1) is 0 Å². The summed E-state index contributed by atoms with van der Waals surface area (Å²) in [6.45, 7) is 8.77. The van der Waals surface area contributed by atoms with Crippen LogP contribution in [-0.4, -0.2) is 50.8 Å². The second-order valence-electron chi connectivity index (χ2n) is 11.9. The van der Waals surface area contributed by atoms with Crippen LogP contribution in [0.3, 0.4) is 0 Å². The maximum absolute atomic E-state index is 13.9. The normalized spacial score (nSPS) is 40.2. The van der Waals surface area contributed by atoms with Crippen LogP contribution in [0.15, 0.2) is 23.2 Å². The average Bonchev–Trinajstić information content (AvgIpc) is 3.29. The van der Waals surface area contributed by atoms with Crippen molar-refractivity contribution in [2.75, 3.05) is 6.54 Å². The first-order valence-electron chi connectivity index (χ1n) is 12.0. The molecule has 0 radical (unpaired) electrons. The van der Waals surface area contributed by atoms with E-state index in [1.54, 1.807) is 0 Å². The van der Waals surface area contributed by atoms with Gasteiger partial charge in [0.25, 0.3) is 0 Å². The third-order valence-electron chi connectivity index (χ3n) is 9.29. The number of carbonyl (C=O) groups excluding carboxylic acids is 2. The number of hydrogen-bond acceptors (Lipinski definition) is 5. The SMILES string of the molecule is CC1(C)C=Cc2c(ccc3c2N=C2C(C)(C)[C@H]4C[C@]56CCCN5C(=O)[C@@]4(C[C@@]23O)NC6=O)O1. The van der Waals surface area contributed by atoms with Gasteiger partial charge in [0.2, 0.25) is 11.8 Å². The molecule has 7 nitrogen and oxygen atoms in total. The monoisotopic (exact) mass is 447 g/mol. The Morgan fingerprint density at radius 2 is 2.00 bits per heavy atom. The molecule has 4 saturated heterocycles. The summed E-state index contributed by atoms with van der Waals surface area (Å²) >= 11 is 0. The van der Waals surface area contributed by atoms with Crippen molar-refractivity contribution in [3.63, 3.8) is 0 Å². The maximum Gasteiger partial charge on any atom is 0.249 e. The molecule has 7 heteroatoms. The summed E-state index contributed by atoms with van der Waals surface area (Å²) in [6, 6.07) is 3.77. The Hall–Kier alpha value is -2.67. The van der Waals surface area contributed by atoms with Gasteiger partial charge in [0.1, 0.15) is 28.0 Å². The number of carbonyl (C=O) groups is 2. The lowest BCUT2D eigenvalue weighted by molar-refractivity contribution is -0.186. The summed E-state index contributed by atoms with van der Waals surface area (Å²) < 4.78 is 6.15. The standard InChI is InChI=1S/C26H29N3O4/c1-22(2)10-8-14-16(33-22)7-6-15-18(14)27-19-23(3,4)17-12-24-9-5-11-29(24)21(31)25(17,28-20(24)30)13-26(15,19)32/h6-8,10,17,32H,5,9,11-13H2,1-4H3,(H,28,30)/t17-,24+,25+,26+/m1/s1.